The molecule has 2 aliphatic rings. The summed E-state index contributed by atoms with van der Waals surface area (Å²) in [4.78, 5) is 9.16. The monoisotopic (exact) mass is 460 g/mol. The predicted octanol–water partition coefficient (Wildman–Crippen LogP) is 4.88. The molecule has 8 heteroatoms. The van der Waals surface area contributed by atoms with Gasteiger partial charge in [-0.2, -0.15) is 0 Å². The minimum absolute atomic E-state index is 0.262. The summed E-state index contributed by atoms with van der Waals surface area (Å²) >= 11 is 0. The first kappa shape index (κ1) is 22.1. The van der Waals surface area contributed by atoms with Crippen LogP contribution < -0.4 is 15.8 Å². The van der Waals surface area contributed by atoms with E-state index in [-0.39, 0.29) is 11.6 Å². The van der Waals surface area contributed by atoms with E-state index in [1.54, 1.807) is 19.2 Å². The van der Waals surface area contributed by atoms with Crippen molar-refractivity contribution in [3.05, 3.63) is 64.9 Å². The van der Waals surface area contributed by atoms with E-state index in [1.807, 2.05) is 30.7 Å². The molecule has 1 aliphatic heterocycles. The van der Waals surface area contributed by atoms with Gasteiger partial charge in [-0.1, -0.05) is 0 Å². The molecule has 0 spiro atoms. The highest BCUT2D eigenvalue weighted by molar-refractivity contribution is 6.02. The second-order valence-corrected chi connectivity index (χ2v) is 9.24. The summed E-state index contributed by atoms with van der Waals surface area (Å²) < 4.78 is 22.6. The Morgan fingerprint density at radius 1 is 1.32 bits per heavy atom. The molecule has 0 unspecified atom stereocenters. The number of halogens is 1. The molecule has 0 radical (unpaired) electrons. The number of anilines is 1. The normalized spacial score (nSPS) is 19.8. The Morgan fingerprint density at radius 3 is 2.85 bits per heavy atom. The first-order valence-corrected chi connectivity index (χ1v) is 11.6. The van der Waals surface area contributed by atoms with E-state index in [9.17, 15) is 4.39 Å². The molecular weight excluding hydrogens is 431 g/mol. The highest BCUT2D eigenvalue weighted by Crippen LogP contribution is 2.36. The molecule has 34 heavy (non-hydrogen) atoms. The van der Waals surface area contributed by atoms with Crippen molar-refractivity contribution in [3.63, 3.8) is 0 Å². The van der Waals surface area contributed by atoms with Crippen LogP contribution in [0.1, 0.15) is 49.6 Å². The molecule has 176 valence electrons. The van der Waals surface area contributed by atoms with E-state index in [1.165, 1.54) is 25.0 Å². The van der Waals surface area contributed by atoms with Gasteiger partial charge in [0, 0.05) is 52.6 Å². The molecule has 1 fully saturated rings. The summed E-state index contributed by atoms with van der Waals surface area (Å²) in [5, 5.41) is 12.2. The lowest BCUT2D eigenvalue weighted by atomic mass is 10.00. The van der Waals surface area contributed by atoms with Crippen molar-refractivity contribution in [1.29, 1.82) is 5.41 Å². The molecule has 4 N–H and O–H groups in total. The van der Waals surface area contributed by atoms with Crippen LogP contribution in [0.4, 0.5) is 10.2 Å². The van der Waals surface area contributed by atoms with Crippen molar-refractivity contribution in [3.8, 4) is 17.1 Å². The summed E-state index contributed by atoms with van der Waals surface area (Å²) in [5.41, 5.74) is 11.4. The van der Waals surface area contributed by atoms with Gasteiger partial charge in [-0.15, -0.1) is 0 Å². The molecule has 1 saturated carbocycles. The van der Waals surface area contributed by atoms with Gasteiger partial charge in [-0.05, 0) is 63.8 Å². The maximum atomic E-state index is 14.3. The highest BCUT2D eigenvalue weighted by atomic mass is 19.1. The number of imidazole rings is 1. The lowest BCUT2D eigenvalue weighted by Gasteiger charge is -2.23. The fraction of sp³-hybridized carbons (Fsp3) is 0.346. The van der Waals surface area contributed by atoms with Gasteiger partial charge in [-0.3, -0.25) is 0 Å². The van der Waals surface area contributed by atoms with Gasteiger partial charge in [0.1, 0.15) is 17.7 Å². The van der Waals surface area contributed by atoms with Crippen molar-refractivity contribution in [2.24, 2.45) is 5.92 Å². The number of fused-ring (bicyclic) bond motifs is 5. The van der Waals surface area contributed by atoms with E-state index >= 15 is 0 Å². The van der Waals surface area contributed by atoms with Crippen LogP contribution in [0.3, 0.4) is 0 Å². The van der Waals surface area contributed by atoms with Crippen molar-refractivity contribution >= 4 is 17.2 Å². The zero-order chi connectivity index (χ0) is 24.0. The molecule has 1 atom stereocenters. The SMILES string of the molecule is CC(=N)/C1=C(\NCC2CC2)c2cnc(N)c(c2)O[C@H](C)c2cc(F)ccc2-c2nc(C)cn2C1. The first-order chi connectivity index (χ1) is 16.3. The third-order valence-corrected chi connectivity index (χ3v) is 6.41. The van der Waals surface area contributed by atoms with Gasteiger partial charge in [0.05, 0.1) is 12.2 Å². The third-order valence-electron chi connectivity index (χ3n) is 6.41. The maximum absolute atomic E-state index is 14.3. The Labute approximate surface area is 198 Å². The first-order valence-electron chi connectivity index (χ1n) is 11.6. The Bertz CT molecular complexity index is 1310. The number of aromatic nitrogens is 3. The van der Waals surface area contributed by atoms with Crippen molar-refractivity contribution < 1.29 is 9.13 Å². The summed E-state index contributed by atoms with van der Waals surface area (Å²) in [6.45, 7) is 6.86. The Kier molecular flexibility index (Phi) is 5.59. The van der Waals surface area contributed by atoms with Gasteiger partial charge in [0.25, 0.3) is 0 Å². The van der Waals surface area contributed by atoms with E-state index in [2.05, 4.69) is 10.3 Å². The minimum Gasteiger partial charge on any atom is -0.482 e. The quantitative estimate of drug-likeness (QED) is 0.482. The van der Waals surface area contributed by atoms with Gasteiger partial charge in [0.2, 0.25) is 0 Å². The lowest BCUT2D eigenvalue weighted by Crippen LogP contribution is -2.22. The van der Waals surface area contributed by atoms with Crippen LogP contribution in [-0.4, -0.2) is 26.8 Å². The molecule has 0 amide bonds. The van der Waals surface area contributed by atoms with Crippen LogP contribution in [0.2, 0.25) is 0 Å². The predicted molar refractivity (Wildman–Crippen MR) is 131 cm³/mol. The molecule has 3 heterocycles. The number of aryl methyl sites for hydroxylation is 1. The Balaban J connectivity index is 1.76. The molecule has 2 aromatic heterocycles. The van der Waals surface area contributed by atoms with Crippen LogP contribution in [0.25, 0.3) is 17.1 Å². The molecule has 1 aliphatic carbocycles. The summed E-state index contributed by atoms with van der Waals surface area (Å²) in [7, 11) is 0. The average Bonchev–Trinajstić information content (AvgIpc) is 3.55. The number of ether oxygens (including phenoxy) is 1. The van der Waals surface area contributed by atoms with Crippen molar-refractivity contribution in [2.45, 2.75) is 46.3 Å². The molecule has 5 rings (SSSR count). The van der Waals surface area contributed by atoms with Crippen LogP contribution >= 0.6 is 0 Å². The largest absolute Gasteiger partial charge is 0.482 e. The number of allylic oxidation sites excluding steroid dienone is 1. The number of pyridine rings is 1. The van der Waals surface area contributed by atoms with Gasteiger partial charge >= 0.3 is 0 Å². The molecule has 1 aromatic carbocycles. The van der Waals surface area contributed by atoms with Crippen LogP contribution in [0.15, 0.2) is 42.2 Å². The fourth-order valence-electron chi connectivity index (χ4n) is 4.40. The Hall–Kier alpha value is -3.68. The zero-order valence-electron chi connectivity index (χ0n) is 19.7. The van der Waals surface area contributed by atoms with E-state index < -0.39 is 6.10 Å². The molecular formula is C26H29FN6O. The van der Waals surface area contributed by atoms with Crippen LogP contribution in [0.5, 0.6) is 5.75 Å². The zero-order valence-corrected chi connectivity index (χ0v) is 19.7. The Morgan fingerprint density at radius 2 is 2.12 bits per heavy atom. The van der Waals surface area contributed by atoms with Gasteiger partial charge in [-0.25, -0.2) is 14.4 Å². The number of nitrogen functional groups attached to an aromatic ring is 1. The summed E-state index contributed by atoms with van der Waals surface area (Å²) in [6.07, 6.45) is 5.61. The third kappa shape index (κ3) is 4.27. The summed E-state index contributed by atoms with van der Waals surface area (Å²) in [6, 6.07) is 6.51. The van der Waals surface area contributed by atoms with E-state index in [0.717, 1.165) is 34.6 Å². The lowest BCUT2D eigenvalue weighted by molar-refractivity contribution is 0.227. The second-order valence-electron chi connectivity index (χ2n) is 9.24. The highest BCUT2D eigenvalue weighted by Gasteiger charge is 2.25. The standard InChI is InChI=1S/C26H29FN6O/c1-14-12-33-13-22(15(2)28)24(30-10-17-4-5-17)18-8-23(25(29)31-11-18)34-16(3)21-9-19(27)6-7-20(21)26(33)32-14/h6-9,11-12,16-17,28,30H,4-5,10,13H2,1-3H3,(H2,29,31)/b24-22-,28-15?/t16-/m1/s1. The number of benzene rings is 1. The number of hydrogen-bond acceptors (Lipinski definition) is 6. The van der Waals surface area contributed by atoms with Crippen LogP contribution in [0, 0.1) is 24.1 Å². The molecule has 0 saturated heterocycles. The fourth-order valence-corrected chi connectivity index (χ4v) is 4.40. The molecule has 7 nitrogen and oxygen atoms in total. The average molecular weight is 461 g/mol. The number of hydrogen-bond donors (Lipinski definition) is 3. The smallest absolute Gasteiger partial charge is 0.166 e. The topological polar surface area (TPSA) is 102 Å². The van der Waals surface area contributed by atoms with Crippen molar-refractivity contribution in [2.75, 3.05) is 12.3 Å². The number of rotatable bonds is 4. The second kappa shape index (κ2) is 8.59. The van der Waals surface area contributed by atoms with E-state index in [4.69, 9.17) is 20.9 Å². The van der Waals surface area contributed by atoms with Gasteiger partial charge < -0.3 is 25.8 Å². The van der Waals surface area contributed by atoms with Gasteiger partial charge in [0.15, 0.2) is 11.6 Å². The molecule has 3 aromatic rings. The summed E-state index contributed by atoms with van der Waals surface area (Å²) in [5.74, 6) is 1.69. The van der Waals surface area contributed by atoms with Crippen LogP contribution in [-0.2, 0) is 6.54 Å². The minimum atomic E-state index is -0.495. The number of nitrogens with zero attached hydrogens (tertiary/aromatic N) is 3. The molecule has 2 bridgehead atoms. The van der Waals surface area contributed by atoms with E-state index in [0.29, 0.717) is 35.3 Å². The number of nitrogens with one attached hydrogen (secondary N) is 2. The maximum Gasteiger partial charge on any atom is 0.166 e. The number of nitrogens with two attached hydrogens (primary N) is 1. The van der Waals surface area contributed by atoms with Crippen molar-refractivity contribution in [1.82, 2.24) is 19.9 Å².